The molecule has 0 aromatic heterocycles. The summed E-state index contributed by atoms with van der Waals surface area (Å²) in [5.74, 6) is 0. The van der Waals surface area contributed by atoms with Gasteiger partial charge in [0.05, 0.1) is 16.1 Å². The zero-order valence-electron chi connectivity index (χ0n) is 15.1. The maximum absolute atomic E-state index is 12.7. The smallest absolute Gasteiger partial charge is 0.317 e. The molecule has 1 heterocycles. The van der Waals surface area contributed by atoms with E-state index in [0.29, 0.717) is 10.0 Å². The number of carbonyl (C=O) groups is 1. The van der Waals surface area contributed by atoms with Crippen LogP contribution in [0.4, 0.5) is 4.79 Å². The van der Waals surface area contributed by atoms with Crippen molar-refractivity contribution in [3.05, 3.63) is 33.8 Å². The molecular formula is C18H27Cl2N3O. The molecule has 2 amide bonds. The molecule has 1 N–H and O–H groups in total. The molecule has 0 saturated carbocycles. The summed E-state index contributed by atoms with van der Waals surface area (Å²) in [6.45, 7) is 8.33. The van der Waals surface area contributed by atoms with Gasteiger partial charge < -0.3 is 15.1 Å². The molecule has 1 aromatic carbocycles. The minimum atomic E-state index is -0.208. The van der Waals surface area contributed by atoms with Crippen molar-refractivity contribution >= 4 is 29.2 Å². The zero-order valence-corrected chi connectivity index (χ0v) is 16.6. The molecule has 134 valence electrons. The van der Waals surface area contributed by atoms with Crippen LogP contribution >= 0.6 is 23.2 Å². The number of nitrogens with zero attached hydrogens (tertiary/aromatic N) is 2. The van der Waals surface area contributed by atoms with Crippen LogP contribution in [-0.4, -0.2) is 49.1 Å². The minimum absolute atomic E-state index is 0.0516. The second-order valence-electron chi connectivity index (χ2n) is 7.46. The number of nitrogens with one attached hydrogen (secondary N) is 1. The summed E-state index contributed by atoms with van der Waals surface area (Å²) in [6, 6.07) is 5.39. The highest BCUT2D eigenvalue weighted by Crippen LogP contribution is 2.33. The van der Waals surface area contributed by atoms with Crippen molar-refractivity contribution in [2.45, 2.75) is 39.3 Å². The Hall–Kier alpha value is -0.970. The topological polar surface area (TPSA) is 35.6 Å². The van der Waals surface area contributed by atoms with Crippen LogP contribution in [0.5, 0.6) is 0 Å². The number of halogens is 2. The Morgan fingerprint density at radius 2 is 2.08 bits per heavy atom. The number of piperidine rings is 1. The summed E-state index contributed by atoms with van der Waals surface area (Å²) >= 11 is 12.3. The van der Waals surface area contributed by atoms with Crippen LogP contribution in [0, 0.1) is 5.41 Å². The van der Waals surface area contributed by atoms with E-state index in [1.165, 1.54) is 0 Å². The summed E-state index contributed by atoms with van der Waals surface area (Å²) in [5, 5.41) is 4.04. The summed E-state index contributed by atoms with van der Waals surface area (Å²) in [7, 11) is 4.00. The molecule has 0 spiro atoms. The lowest BCUT2D eigenvalue weighted by Gasteiger charge is -2.47. The number of hydrogen-bond acceptors (Lipinski definition) is 2. The molecular weight excluding hydrogens is 345 g/mol. The average Bonchev–Trinajstić information content (AvgIpc) is 2.48. The van der Waals surface area contributed by atoms with Crippen LogP contribution in [0.25, 0.3) is 0 Å². The van der Waals surface area contributed by atoms with Crippen molar-refractivity contribution < 1.29 is 4.79 Å². The lowest BCUT2D eigenvalue weighted by atomic mass is 9.78. The molecule has 1 aliphatic rings. The van der Waals surface area contributed by atoms with Crippen LogP contribution in [0.1, 0.15) is 38.8 Å². The van der Waals surface area contributed by atoms with Crippen LogP contribution in [0.3, 0.4) is 0 Å². The van der Waals surface area contributed by atoms with Gasteiger partial charge in [-0.2, -0.15) is 0 Å². The first-order chi connectivity index (χ1) is 11.1. The monoisotopic (exact) mass is 371 g/mol. The first-order valence-electron chi connectivity index (χ1n) is 8.29. The molecule has 1 aromatic rings. The highest BCUT2D eigenvalue weighted by Gasteiger charge is 2.38. The molecule has 1 aliphatic heterocycles. The first kappa shape index (κ1) is 19.4. The molecule has 24 heavy (non-hydrogen) atoms. The van der Waals surface area contributed by atoms with Crippen molar-refractivity contribution in [2.75, 3.05) is 27.2 Å². The molecule has 2 unspecified atom stereocenters. The molecule has 0 radical (unpaired) electrons. The lowest BCUT2D eigenvalue weighted by Crippen LogP contribution is -2.57. The fourth-order valence-electron chi connectivity index (χ4n) is 3.69. The molecule has 1 fully saturated rings. The van der Waals surface area contributed by atoms with Crippen molar-refractivity contribution in [3.63, 3.8) is 0 Å². The van der Waals surface area contributed by atoms with E-state index in [2.05, 4.69) is 31.1 Å². The van der Waals surface area contributed by atoms with E-state index in [9.17, 15) is 4.79 Å². The van der Waals surface area contributed by atoms with E-state index in [1.807, 2.05) is 31.0 Å². The van der Waals surface area contributed by atoms with Gasteiger partial charge in [0.25, 0.3) is 0 Å². The lowest BCUT2D eigenvalue weighted by molar-refractivity contribution is 0.0446. The highest BCUT2D eigenvalue weighted by molar-refractivity contribution is 6.42. The van der Waals surface area contributed by atoms with Crippen molar-refractivity contribution in [3.8, 4) is 0 Å². The van der Waals surface area contributed by atoms with Crippen molar-refractivity contribution in [1.29, 1.82) is 0 Å². The normalized spacial score (nSPS) is 22.0. The van der Waals surface area contributed by atoms with Gasteiger partial charge in [-0.1, -0.05) is 49.2 Å². The SMILES string of the molecule is CC(NC(=O)N(C)C1CCN(C)CC1(C)C)c1cccc(Cl)c1Cl. The maximum atomic E-state index is 12.7. The van der Waals surface area contributed by atoms with Gasteiger partial charge in [0, 0.05) is 19.6 Å². The Kier molecular flexibility index (Phi) is 6.05. The second kappa shape index (κ2) is 7.51. The Labute approximate surface area is 155 Å². The van der Waals surface area contributed by atoms with Crippen molar-refractivity contribution in [1.82, 2.24) is 15.1 Å². The second-order valence-corrected chi connectivity index (χ2v) is 8.24. The Morgan fingerprint density at radius 3 is 2.71 bits per heavy atom. The molecule has 2 atom stereocenters. The van der Waals surface area contributed by atoms with E-state index in [-0.39, 0.29) is 23.5 Å². The fraction of sp³-hybridized carbons (Fsp3) is 0.611. The van der Waals surface area contributed by atoms with E-state index in [4.69, 9.17) is 23.2 Å². The standard InChI is InChI=1S/C18H27Cl2N3O/c1-12(13-7-6-8-14(19)16(13)20)21-17(24)23(5)15-9-10-22(4)11-18(15,2)3/h6-8,12,15H,9-11H2,1-5H3,(H,21,24). The number of likely N-dealkylation sites (tertiary alicyclic amines) is 1. The molecule has 6 heteroatoms. The van der Waals surface area contributed by atoms with E-state index >= 15 is 0 Å². The van der Waals surface area contributed by atoms with Gasteiger partial charge >= 0.3 is 6.03 Å². The Balaban J connectivity index is 2.07. The number of urea groups is 1. The van der Waals surface area contributed by atoms with E-state index in [1.54, 1.807) is 6.07 Å². The van der Waals surface area contributed by atoms with Crippen molar-refractivity contribution in [2.24, 2.45) is 5.41 Å². The predicted octanol–water partition coefficient (Wildman–Crippen LogP) is 4.43. The van der Waals surface area contributed by atoms with Crippen LogP contribution < -0.4 is 5.32 Å². The van der Waals surface area contributed by atoms with Crippen LogP contribution in [-0.2, 0) is 0 Å². The van der Waals surface area contributed by atoms with Gasteiger partial charge in [-0.25, -0.2) is 4.79 Å². The fourth-order valence-corrected chi connectivity index (χ4v) is 4.16. The largest absolute Gasteiger partial charge is 0.331 e. The first-order valence-corrected chi connectivity index (χ1v) is 9.05. The van der Waals surface area contributed by atoms with Gasteiger partial charge in [0.1, 0.15) is 0 Å². The number of hydrogen-bond donors (Lipinski definition) is 1. The summed E-state index contributed by atoms with van der Waals surface area (Å²) < 4.78 is 0. The predicted molar refractivity (Wildman–Crippen MR) is 101 cm³/mol. The van der Waals surface area contributed by atoms with Gasteiger partial charge in [-0.15, -0.1) is 0 Å². The number of benzene rings is 1. The third-order valence-corrected chi connectivity index (χ3v) is 5.77. The van der Waals surface area contributed by atoms with Gasteiger partial charge in [-0.3, -0.25) is 0 Å². The third kappa shape index (κ3) is 4.16. The number of amides is 2. The average molecular weight is 372 g/mol. The zero-order chi connectivity index (χ0) is 18.1. The molecule has 0 aliphatic carbocycles. The van der Waals surface area contributed by atoms with Gasteiger partial charge in [-0.05, 0) is 44.0 Å². The van der Waals surface area contributed by atoms with Crippen LogP contribution in [0.2, 0.25) is 10.0 Å². The summed E-state index contributed by atoms with van der Waals surface area (Å²) in [5.41, 5.74) is 0.879. The highest BCUT2D eigenvalue weighted by atomic mass is 35.5. The molecule has 4 nitrogen and oxygen atoms in total. The molecule has 1 saturated heterocycles. The van der Waals surface area contributed by atoms with Crippen LogP contribution in [0.15, 0.2) is 18.2 Å². The quantitative estimate of drug-likeness (QED) is 0.852. The van der Waals surface area contributed by atoms with E-state index in [0.717, 1.165) is 25.1 Å². The van der Waals surface area contributed by atoms with Gasteiger partial charge in [0.15, 0.2) is 0 Å². The third-order valence-electron chi connectivity index (χ3n) is 4.94. The summed E-state index contributed by atoms with van der Waals surface area (Å²) in [4.78, 5) is 16.9. The van der Waals surface area contributed by atoms with E-state index < -0.39 is 0 Å². The van der Waals surface area contributed by atoms with Gasteiger partial charge in [0.2, 0.25) is 0 Å². The minimum Gasteiger partial charge on any atom is -0.331 e. The Bertz CT molecular complexity index is 606. The summed E-state index contributed by atoms with van der Waals surface area (Å²) in [6.07, 6.45) is 0.972. The Morgan fingerprint density at radius 1 is 1.42 bits per heavy atom. The number of carbonyl (C=O) groups excluding carboxylic acids is 1. The maximum Gasteiger partial charge on any atom is 0.317 e. The number of rotatable bonds is 3. The molecule has 2 rings (SSSR count). The molecule has 0 bridgehead atoms.